The molecule has 0 spiro atoms. The second-order valence-corrected chi connectivity index (χ2v) is 5.59. The summed E-state index contributed by atoms with van der Waals surface area (Å²) in [6.07, 6.45) is 6.65. The van der Waals surface area contributed by atoms with Crippen molar-refractivity contribution in [1.29, 1.82) is 0 Å². The molecule has 2 aromatic rings. The molecule has 0 N–H and O–H groups in total. The number of rotatable bonds is 7. The van der Waals surface area contributed by atoms with Crippen molar-refractivity contribution in [3.63, 3.8) is 0 Å². The SMILES string of the molecule is COc1ccc(/C=C\C(=O)OC/C=C\c2ccc3c(c2)OCO3)cc1OC. The summed E-state index contributed by atoms with van der Waals surface area (Å²) in [6, 6.07) is 11.0. The van der Waals surface area contributed by atoms with Crippen molar-refractivity contribution in [2.45, 2.75) is 0 Å². The highest BCUT2D eigenvalue weighted by Crippen LogP contribution is 2.32. The molecule has 0 amide bonds. The average Bonchev–Trinajstić information content (AvgIpc) is 3.17. The van der Waals surface area contributed by atoms with Gasteiger partial charge in [-0.25, -0.2) is 4.79 Å². The van der Waals surface area contributed by atoms with Crippen LogP contribution < -0.4 is 18.9 Å². The zero-order valence-corrected chi connectivity index (χ0v) is 15.1. The Hall–Kier alpha value is -3.41. The first kappa shape index (κ1) is 18.4. The largest absolute Gasteiger partial charge is 0.493 e. The quantitative estimate of drug-likeness (QED) is 0.548. The third-order valence-electron chi connectivity index (χ3n) is 3.85. The van der Waals surface area contributed by atoms with Crippen molar-refractivity contribution in [1.82, 2.24) is 0 Å². The lowest BCUT2D eigenvalue weighted by Gasteiger charge is -2.07. The number of carbonyl (C=O) groups is 1. The third kappa shape index (κ3) is 4.82. The van der Waals surface area contributed by atoms with Crippen molar-refractivity contribution in [3.05, 3.63) is 59.7 Å². The predicted octanol–water partition coefficient (Wildman–Crippen LogP) is 3.70. The minimum Gasteiger partial charge on any atom is -0.493 e. The number of esters is 1. The molecular weight excluding hydrogens is 348 g/mol. The minimum atomic E-state index is -0.430. The Morgan fingerprint density at radius 2 is 1.70 bits per heavy atom. The van der Waals surface area contributed by atoms with Crippen molar-refractivity contribution in [2.24, 2.45) is 0 Å². The molecule has 0 atom stereocenters. The van der Waals surface area contributed by atoms with E-state index in [2.05, 4.69) is 0 Å². The van der Waals surface area contributed by atoms with Gasteiger partial charge >= 0.3 is 5.97 Å². The van der Waals surface area contributed by atoms with Crippen molar-refractivity contribution < 1.29 is 28.5 Å². The molecule has 0 aromatic heterocycles. The standard InChI is InChI=1S/C21H20O6/c1-23-17-8-5-16(12-19(17)24-2)7-10-21(22)25-11-3-4-15-6-9-18-20(13-15)27-14-26-18/h3-10,12-13H,11,14H2,1-2H3/b4-3-,10-7-. The number of hydrogen-bond donors (Lipinski definition) is 0. The van der Waals surface area contributed by atoms with Crippen LogP contribution in [0.5, 0.6) is 23.0 Å². The monoisotopic (exact) mass is 368 g/mol. The summed E-state index contributed by atoms with van der Waals surface area (Å²) in [5, 5.41) is 0. The highest BCUT2D eigenvalue weighted by Gasteiger charge is 2.12. The second-order valence-electron chi connectivity index (χ2n) is 5.59. The van der Waals surface area contributed by atoms with Gasteiger partial charge in [0.15, 0.2) is 23.0 Å². The molecule has 0 bridgehead atoms. The molecule has 1 aliphatic rings. The van der Waals surface area contributed by atoms with Gasteiger partial charge in [-0.15, -0.1) is 0 Å². The minimum absolute atomic E-state index is 0.170. The summed E-state index contributed by atoms with van der Waals surface area (Å²) in [4.78, 5) is 11.8. The molecule has 0 fully saturated rings. The molecule has 140 valence electrons. The Bertz CT molecular complexity index is 869. The van der Waals surface area contributed by atoms with E-state index >= 15 is 0 Å². The van der Waals surface area contributed by atoms with Crippen LogP contribution in [0.25, 0.3) is 12.2 Å². The van der Waals surface area contributed by atoms with Crippen LogP contribution in [-0.2, 0) is 9.53 Å². The molecule has 3 rings (SSSR count). The van der Waals surface area contributed by atoms with E-state index in [0.29, 0.717) is 17.2 Å². The molecule has 6 nitrogen and oxygen atoms in total. The average molecular weight is 368 g/mol. The molecule has 6 heteroatoms. The Kier molecular flexibility index (Phi) is 5.99. The van der Waals surface area contributed by atoms with Gasteiger partial charge in [-0.05, 0) is 47.5 Å². The Morgan fingerprint density at radius 1 is 0.963 bits per heavy atom. The molecular formula is C21H20O6. The molecule has 27 heavy (non-hydrogen) atoms. The lowest BCUT2D eigenvalue weighted by Crippen LogP contribution is -1.99. The summed E-state index contributed by atoms with van der Waals surface area (Å²) in [6.45, 7) is 0.413. The topological polar surface area (TPSA) is 63.2 Å². The lowest BCUT2D eigenvalue weighted by atomic mass is 10.2. The van der Waals surface area contributed by atoms with Crippen molar-refractivity contribution >= 4 is 18.1 Å². The van der Waals surface area contributed by atoms with E-state index in [1.807, 2.05) is 30.3 Å². The van der Waals surface area contributed by atoms with Gasteiger partial charge in [0.25, 0.3) is 0 Å². The number of benzene rings is 2. The maximum absolute atomic E-state index is 11.8. The Balaban J connectivity index is 1.50. The fourth-order valence-electron chi connectivity index (χ4n) is 2.50. The first-order chi connectivity index (χ1) is 13.2. The first-order valence-corrected chi connectivity index (χ1v) is 8.32. The molecule has 0 unspecified atom stereocenters. The van der Waals surface area contributed by atoms with Crippen LogP contribution in [0.15, 0.2) is 48.6 Å². The van der Waals surface area contributed by atoms with Crippen LogP contribution in [0, 0.1) is 0 Å². The van der Waals surface area contributed by atoms with Crippen LogP contribution >= 0.6 is 0 Å². The van der Waals surface area contributed by atoms with Crippen molar-refractivity contribution in [3.8, 4) is 23.0 Å². The van der Waals surface area contributed by atoms with Gasteiger partial charge < -0.3 is 23.7 Å². The molecule has 0 radical (unpaired) electrons. The molecule has 0 saturated carbocycles. The molecule has 1 aliphatic heterocycles. The van der Waals surface area contributed by atoms with Gasteiger partial charge in [0, 0.05) is 6.08 Å². The number of carbonyl (C=O) groups excluding carboxylic acids is 1. The lowest BCUT2D eigenvalue weighted by molar-refractivity contribution is -0.136. The summed E-state index contributed by atoms with van der Waals surface area (Å²) in [5.41, 5.74) is 1.75. The van der Waals surface area contributed by atoms with Gasteiger partial charge in [-0.2, -0.15) is 0 Å². The molecule has 0 aliphatic carbocycles. The smallest absolute Gasteiger partial charge is 0.331 e. The van der Waals surface area contributed by atoms with E-state index in [9.17, 15) is 4.79 Å². The first-order valence-electron chi connectivity index (χ1n) is 8.32. The van der Waals surface area contributed by atoms with E-state index < -0.39 is 5.97 Å². The van der Waals surface area contributed by atoms with Gasteiger partial charge in [-0.3, -0.25) is 0 Å². The number of hydrogen-bond acceptors (Lipinski definition) is 6. The number of fused-ring (bicyclic) bond motifs is 1. The van der Waals surface area contributed by atoms with Crippen LogP contribution in [-0.4, -0.2) is 33.6 Å². The Morgan fingerprint density at radius 3 is 2.52 bits per heavy atom. The summed E-state index contributed by atoms with van der Waals surface area (Å²) >= 11 is 0. The fraction of sp³-hybridized carbons (Fsp3) is 0.190. The Labute approximate surface area is 157 Å². The predicted molar refractivity (Wildman–Crippen MR) is 101 cm³/mol. The van der Waals surface area contributed by atoms with Gasteiger partial charge in [0.05, 0.1) is 14.2 Å². The summed E-state index contributed by atoms with van der Waals surface area (Å²) < 4.78 is 26.2. The highest BCUT2D eigenvalue weighted by atomic mass is 16.7. The van der Waals surface area contributed by atoms with Crippen molar-refractivity contribution in [2.75, 3.05) is 27.6 Å². The normalized spacial score (nSPS) is 12.5. The zero-order valence-electron chi connectivity index (χ0n) is 15.1. The van der Waals surface area contributed by atoms with Gasteiger partial charge in [0.1, 0.15) is 6.61 Å². The van der Waals surface area contributed by atoms with Gasteiger partial charge in [-0.1, -0.05) is 18.2 Å². The van der Waals surface area contributed by atoms with Crippen LogP contribution in [0.4, 0.5) is 0 Å². The van der Waals surface area contributed by atoms with E-state index in [-0.39, 0.29) is 13.4 Å². The maximum Gasteiger partial charge on any atom is 0.331 e. The summed E-state index contributed by atoms with van der Waals surface area (Å²) in [7, 11) is 3.13. The van der Waals surface area contributed by atoms with Crippen LogP contribution in [0.1, 0.15) is 11.1 Å². The molecule has 1 heterocycles. The third-order valence-corrected chi connectivity index (χ3v) is 3.85. The van der Waals surface area contributed by atoms with Crippen LogP contribution in [0.3, 0.4) is 0 Å². The second kappa shape index (κ2) is 8.80. The number of ether oxygens (including phenoxy) is 5. The highest BCUT2D eigenvalue weighted by molar-refractivity contribution is 5.87. The number of methoxy groups -OCH3 is 2. The fourth-order valence-corrected chi connectivity index (χ4v) is 2.50. The van der Waals surface area contributed by atoms with E-state index in [1.54, 1.807) is 38.5 Å². The molecule has 0 saturated heterocycles. The van der Waals surface area contributed by atoms with Gasteiger partial charge in [0.2, 0.25) is 6.79 Å². The zero-order chi connectivity index (χ0) is 19.1. The van der Waals surface area contributed by atoms with Crippen LogP contribution in [0.2, 0.25) is 0 Å². The van der Waals surface area contributed by atoms with E-state index in [1.165, 1.54) is 6.08 Å². The maximum atomic E-state index is 11.8. The summed E-state index contributed by atoms with van der Waals surface area (Å²) in [5.74, 6) is 2.25. The van der Waals surface area contributed by atoms with E-state index in [4.69, 9.17) is 23.7 Å². The van der Waals surface area contributed by atoms with E-state index in [0.717, 1.165) is 16.9 Å². The molecule has 2 aromatic carbocycles.